The zero-order valence-corrected chi connectivity index (χ0v) is 16.4. The monoisotopic (exact) mass is 408 g/mol. The average Bonchev–Trinajstić information content (AvgIpc) is 3.30. The smallest absolute Gasteiger partial charge is 0.252 e. The highest BCUT2D eigenvalue weighted by atomic mass is 32.2. The fraction of sp³-hybridized carbons (Fsp3) is 0.389. The van der Waals surface area contributed by atoms with Crippen LogP contribution in [0.15, 0.2) is 34.5 Å². The quantitative estimate of drug-likeness (QED) is 0.841. The third-order valence-electron chi connectivity index (χ3n) is 4.70. The fourth-order valence-corrected chi connectivity index (χ4v) is 6.23. The van der Waals surface area contributed by atoms with E-state index in [1.807, 2.05) is 6.92 Å². The molecule has 1 amide bonds. The predicted molar refractivity (Wildman–Crippen MR) is 102 cm³/mol. The van der Waals surface area contributed by atoms with Crippen LogP contribution in [0.2, 0.25) is 0 Å². The van der Waals surface area contributed by atoms with Crippen molar-refractivity contribution in [2.45, 2.75) is 24.0 Å². The molecule has 1 fully saturated rings. The number of benzene rings is 1. The van der Waals surface area contributed by atoms with Gasteiger partial charge in [-0.05, 0) is 44.0 Å². The van der Waals surface area contributed by atoms with Crippen LogP contribution in [0.3, 0.4) is 0 Å². The lowest BCUT2D eigenvalue weighted by Crippen LogP contribution is -2.43. The molecule has 3 heterocycles. The van der Waals surface area contributed by atoms with Crippen LogP contribution in [0.1, 0.15) is 17.7 Å². The molecule has 1 saturated heterocycles. The topological polar surface area (TPSA) is 84.9 Å². The molecule has 2 aliphatic rings. The number of carbonyl (C=O) groups is 1. The Morgan fingerprint density at radius 1 is 1.22 bits per heavy atom. The van der Waals surface area contributed by atoms with Gasteiger partial charge in [0, 0.05) is 29.7 Å². The number of hydrogen-bond donors (Lipinski definition) is 1. The summed E-state index contributed by atoms with van der Waals surface area (Å²) >= 11 is 1.26. The van der Waals surface area contributed by atoms with Gasteiger partial charge in [-0.2, -0.15) is 4.31 Å². The van der Waals surface area contributed by atoms with E-state index in [2.05, 4.69) is 5.32 Å². The van der Waals surface area contributed by atoms with E-state index in [1.54, 1.807) is 30.3 Å². The molecule has 2 aromatic rings. The largest absolute Gasteiger partial charge is 0.454 e. The summed E-state index contributed by atoms with van der Waals surface area (Å²) in [6.45, 7) is 2.68. The predicted octanol–water partition coefficient (Wildman–Crippen LogP) is 2.82. The van der Waals surface area contributed by atoms with Crippen LogP contribution >= 0.6 is 11.3 Å². The summed E-state index contributed by atoms with van der Waals surface area (Å²) in [6.07, 6.45) is 1.31. The van der Waals surface area contributed by atoms with Crippen LogP contribution in [-0.4, -0.2) is 38.5 Å². The second kappa shape index (κ2) is 7.14. The zero-order valence-electron chi connectivity index (χ0n) is 14.8. The van der Waals surface area contributed by atoms with Crippen LogP contribution in [-0.2, 0) is 14.8 Å². The molecule has 4 rings (SSSR count). The molecule has 0 saturated carbocycles. The molecule has 27 heavy (non-hydrogen) atoms. The normalized spacial score (nSPS) is 19.8. The maximum absolute atomic E-state index is 12.8. The van der Waals surface area contributed by atoms with Gasteiger partial charge in [0.1, 0.15) is 4.21 Å². The summed E-state index contributed by atoms with van der Waals surface area (Å²) in [5.74, 6) is 0.666. The van der Waals surface area contributed by atoms with Crippen LogP contribution in [0.5, 0.6) is 11.5 Å². The number of nitrogens with one attached hydrogen (secondary N) is 1. The Bertz CT molecular complexity index is 970. The number of piperidine rings is 1. The lowest BCUT2D eigenvalue weighted by molar-refractivity contribution is -0.120. The second-order valence-corrected chi connectivity index (χ2v) is 10.1. The van der Waals surface area contributed by atoms with Gasteiger partial charge in [-0.3, -0.25) is 4.79 Å². The molecule has 0 aliphatic carbocycles. The van der Waals surface area contributed by atoms with Gasteiger partial charge in [-0.1, -0.05) is 0 Å². The van der Waals surface area contributed by atoms with Crippen molar-refractivity contribution in [3.05, 3.63) is 35.2 Å². The minimum Gasteiger partial charge on any atom is -0.454 e. The van der Waals surface area contributed by atoms with Crippen molar-refractivity contribution in [3.8, 4) is 11.5 Å². The number of sulfonamides is 1. The van der Waals surface area contributed by atoms with Crippen LogP contribution < -0.4 is 14.8 Å². The minimum absolute atomic E-state index is 0.171. The van der Waals surface area contributed by atoms with E-state index in [4.69, 9.17) is 9.47 Å². The van der Waals surface area contributed by atoms with Crippen LogP contribution in [0, 0.1) is 12.8 Å². The maximum atomic E-state index is 12.8. The van der Waals surface area contributed by atoms with Gasteiger partial charge >= 0.3 is 0 Å². The molecule has 0 unspecified atom stereocenters. The molecule has 2 aliphatic heterocycles. The first kappa shape index (κ1) is 18.3. The Labute approximate surface area is 161 Å². The number of aryl methyl sites for hydroxylation is 1. The molecule has 0 radical (unpaired) electrons. The number of thiophene rings is 1. The number of hydrogen-bond acceptors (Lipinski definition) is 6. The van der Waals surface area contributed by atoms with E-state index in [0.29, 0.717) is 40.8 Å². The van der Waals surface area contributed by atoms with Crippen molar-refractivity contribution in [3.63, 3.8) is 0 Å². The van der Waals surface area contributed by atoms with Gasteiger partial charge in [0.2, 0.25) is 12.7 Å². The molecule has 9 heteroatoms. The molecule has 0 bridgehead atoms. The summed E-state index contributed by atoms with van der Waals surface area (Å²) in [5, 5.41) is 2.86. The maximum Gasteiger partial charge on any atom is 0.252 e. The van der Waals surface area contributed by atoms with Crippen molar-refractivity contribution in [1.29, 1.82) is 0 Å². The first-order valence-corrected chi connectivity index (χ1v) is 11.0. The zero-order chi connectivity index (χ0) is 19.0. The van der Waals surface area contributed by atoms with Crippen LogP contribution in [0.25, 0.3) is 0 Å². The Morgan fingerprint density at radius 2 is 2.04 bits per heavy atom. The van der Waals surface area contributed by atoms with Crippen molar-refractivity contribution < 1.29 is 22.7 Å². The summed E-state index contributed by atoms with van der Waals surface area (Å²) in [7, 11) is -3.55. The van der Waals surface area contributed by atoms with Crippen molar-refractivity contribution in [2.24, 2.45) is 5.92 Å². The molecular weight excluding hydrogens is 388 g/mol. The van der Waals surface area contributed by atoms with E-state index in [-0.39, 0.29) is 25.2 Å². The van der Waals surface area contributed by atoms with E-state index >= 15 is 0 Å². The van der Waals surface area contributed by atoms with Crippen molar-refractivity contribution in [2.75, 3.05) is 25.2 Å². The van der Waals surface area contributed by atoms with E-state index < -0.39 is 10.0 Å². The number of fused-ring (bicyclic) bond motifs is 1. The summed E-state index contributed by atoms with van der Waals surface area (Å²) < 4.78 is 38.0. The summed E-state index contributed by atoms with van der Waals surface area (Å²) in [5.41, 5.74) is 0.609. The fourth-order valence-electron chi connectivity index (χ4n) is 3.27. The third-order valence-corrected chi connectivity index (χ3v) is 8.04. The molecule has 1 aromatic carbocycles. The van der Waals surface area contributed by atoms with Crippen molar-refractivity contribution >= 4 is 33.0 Å². The number of anilines is 1. The Hall–Kier alpha value is -2.10. The van der Waals surface area contributed by atoms with E-state index in [1.165, 1.54) is 15.6 Å². The third kappa shape index (κ3) is 3.67. The Kier molecular flexibility index (Phi) is 4.83. The Balaban J connectivity index is 1.45. The summed E-state index contributed by atoms with van der Waals surface area (Å²) in [6, 6.07) is 8.63. The number of carbonyl (C=O) groups excluding carboxylic acids is 1. The van der Waals surface area contributed by atoms with Gasteiger partial charge in [-0.25, -0.2) is 8.42 Å². The SMILES string of the molecule is Cc1ccc(S(=O)(=O)N2CCC[C@@H](C(=O)Nc3ccc4c(c3)OCO4)C2)s1. The van der Waals surface area contributed by atoms with E-state index in [9.17, 15) is 13.2 Å². The molecular formula is C18H20N2O5S2. The van der Waals surface area contributed by atoms with Gasteiger partial charge in [0.25, 0.3) is 10.0 Å². The lowest BCUT2D eigenvalue weighted by Gasteiger charge is -2.30. The lowest BCUT2D eigenvalue weighted by atomic mass is 9.98. The van der Waals surface area contributed by atoms with Crippen molar-refractivity contribution in [1.82, 2.24) is 4.31 Å². The molecule has 7 nitrogen and oxygen atoms in total. The molecule has 1 aromatic heterocycles. The number of nitrogens with zero attached hydrogens (tertiary/aromatic N) is 1. The summed E-state index contributed by atoms with van der Waals surface area (Å²) in [4.78, 5) is 13.6. The number of ether oxygens (including phenoxy) is 2. The molecule has 0 spiro atoms. The number of rotatable bonds is 4. The van der Waals surface area contributed by atoms with Gasteiger partial charge in [0.15, 0.2) is 11.5 Å². The first-order valence-electron chi connectivity index (χ1n) is 8.70. The van der Waals surface area contributed by atoms with Crippen LogP contribution in [0.4, 0.5) is 5.69 Å². The van der Waals surface area contributed by atoms with Gasteiger partial charge < -0.3 is 14.8 Å². The molecule has 1 N–H and O–H groups in total. The van der Waals surface area contributed by atoms with Gasteiger partial charge in [-0.15, -0.1) is 11.3 Å². The first-order chi connectivity index (χ1) is 12.9. The average molecular weight is 409 g/mol. The highest BCUT2D eigenvalue weighted by Gasteiger charge is 2.34. The number of amides is 1. The highest BCUT2D eigenvalue weighted by molar-refractivity contribution is 7.91. The standard InChI is InChI=1S/C18H20N2O5S2/c1-12-4-7-17(26-12)27(22,23)20-8-2-3-13(10-20)18(21)19-14-5-6-15-16(9-14)25-11-24-15/h4-7,9,13H,2-3,8,10-11H2,1H3,(H,19,21)/t13-/m1/s1. The Morgan fingerprint density at radius 3 is 2.81 bits per heavy atom. The highest BCUT2D eigenvalue weighted by Crippen LogP contribution is 2.34. The van der Waals surface area contributed by atoms with E-state index in [0.717, 1.165) is 4.88 Å². The molecule has 144 valence electrons. The second-order valence-electron chi connectivity index (χ2n) is 6.62. The van der Waals surface area contributed by atoms with Gasteiger partial charge in [0.05, 0.1) is 5.92 Å². The minimum atomic E-state index is -3.55. The molecule has 1 atom stereocenters.